The Kier molecular flexibility index (Phi) is 6.66. The number of nitrogens with one attached hydrogen (secondary N) is 2. The number of amides is 1. The second-order valence-corrected chi connectivity index (χ2v) is 6.38. The number of thiocarbonyl (C=S) groups is 1. The van der Waals surface area contributed by atoms with Crippen LogP contribution in [0.5, 0.6) is 0 Å². The molecule has 2 rings (SSSR count). The van der Waals surface area contributed by atoms with Gasteiger partial charge in [0.25, 0.3) is 0 Å². The van der Waals surface area contributed by atoms with Crippen molar-refractivity contribution < 1.29 is 4.79 Å². The Morgan fingerprint density at radius 2 is 1.78 bits per heavy atom. The van der Waals surface area contributed by atoms with Gasteiger partial charge in [-0.05, 0) is 48.5 Å². The minimum absolute atomic E-state index is 0.165. The summed E-state index contributed by atoms with van der Waals surface area (Å²) < 4.78 is 0. The van der Waals surface area contributed by atoms with Crippen LogP contribution in [-0.4, -0.2) is 11.0 Å². The van der Waals surface area contributed by atoms with Gasteiger partial charge in [-0.15, -0.1) is 0 Å². The summed E-state index contributed by atoms with van der Waals surface area (Å²) in [7, 11) is 0. The summed E-state index contributed by atoms with van der Waals surface area (Å²) in [5, 5.41) is 7.24. The molecule has 23 heavy (non-hydrogen) atoms. The molecule has 0 saturated heterocycles. The number of hydrogen-bond donors (Lipinski definition) is 2. The van der Waals surface area contributed by atoms with Crippen LogP contribution in [-0.2, 0) is 11.2 Å². The van der Waals surface area contributed by atoms with Crippen molar-refractivity contribution in [1.82, 2.24) is 5.32 Å². The highest BCUT2D eigenvalue weighted by molar-refractivity contribution is 7.80. The molecule has 0 heterocycles. The van der Waals surface area contributed by atoms with Gasteiger partial charge in [0.2, 0.25) is 5.91 Å². The Bertz CT molecular complexity index is 737. The van der Waals surface area contributed by atoms with E-state index in [1.165, 1.54) is 0 Å². The molecule has 0 bridgehead atoms. The predicted octanol–water partition coefficient (Wildman–Crippen LogP) is 5.09. The highest BCUT2D eigenvalue weighted by atomic mass is 35.5. The normalized spacial score (nSPS) is 10.2. The number of halogens is 3. The average molecular weight is 388 g/mol. The fourth-order valence-corrected chi connectivity index (χ4v) is 2.68. The lowest BCUT2D eigenvalue weighted by molar-refractivity contribution is -0.119. The molecule has 2 aromatic rings. The van der Waals surface area contributed by atoms with Gasteiger partial charge in [0.05, 0.1) is 10.7 Å². The molecule has 0 spiro atoms. The molecule has 0 saturated carbocycles. The van der Waals surface area contributed by atoms with Crippen molar-refractivity contribution in [2.24, 2.45) is 0 Å². The zero-order valence-corrected chi connectivity index (χ0v) is 15.0. The number of rotatable bonds is 4. The van der Waals surface area contributed by atoms with Gasteiger partial charge in [0.1, 0.15) is 0 Å². The SMILES string of the molecule is O=C(CCc1ccccc1Cl)NC(=S)Nc1cc(Cl)ccc1Cl. The molecule has 0 aliphatic rings. The van der Waals surface area contributed by atoms with Crippen LogP contribution in [0.4, 0.5) is 5.69 Å². The molecule has 1 amide bonds. The third-order valence-electron chi connectivity index (χ3n) is 3.01. The maximum atomic E-state index is 11.9. The van der Waals surface area contributed by atoms with Crippen LogP contribution in [0.3, 0.4) is 0 Å². The maximum absolute atomic E-state index is 11.9. The Labute approximate surface area is 154 Å². The molecule has 0 radical (unpaired) electrons. The minimum atomic E-state index is -0.208. The quantitative estimate of drug-likeness (QED) is 0.718. The lowest BCUT2D eigenvalue weighted by Crippen LogP contribution is -2.34. The van der Waals surface area contributed by atoms with E-state index in [1.54, 1.807) is 24.3 Å². The highest BCUT2D eigenvalue weighted by Gasteiger charge is 2.09. The van der Waals surface area contributed by atoms with Crippen molar-refractivity contribution in [3.05, 3.63) is 63.1 Å². The Hall–Kier alpha value is -1.33. The zero-order valence-electron chi connectivity index (χ0n) is 11.9. The molecule has 120 valence electrons. The van der Waals surface area contributed by atoms with Gasteiger partial charge in [0, 0.05) is 16.5 Å². The lowest BCUT2D eigenvalue weighted by atomic mass is 10.1. The second kappa shape index (κ2) is 8.50. The summed E-state index contributed by atoms with van der Waals surface area (Å²) in [6.45, 7) is 0. The van der Waals surface area contributed by atoms with Crippen LogP contribution in [0, 0.1) is 0 Å². The van der Waals surface area contributed by atoms with Crippen molar-refractivity contribution in [3.63, 3.8) is 0 Å². The van der Waals surface area contributed by atoms with Gasteiger partial charge in [-0.25, -0.2) is 0 Å². The molecule has 0 aliphatic carbocycles. The molecule has 0 unspecified atom stereocenters. The summed E-state index contributed by atoms with van der Waals surface area (Å²) in [6.07, 6.45) is 0.806. The van der Waals surface area contributed by atoms with E-state index in [1.807, 2.05) is 18.2 Å². The Morgan fingerprint density at radius 1 is 1.04 bits per heavy atom. The van der Waals surface area contributed by atoms with Gasteiger partial charge >= 0.3 is 0 Å². The summed E-state index contributed by atoms with van der Waals surface area (Å²) in [5.74, 6) is -0.208. The number of anilines is 1. The van der Waals surface area contributed by atoms with E-state index in [-0.39, 0.29) is 17.4 Å². The molecule has 0 fully saturated rings. The third kappa shape index (κ3) is 5.66. The molecule has 2 N–H and O–H groups in total. The van der Waals surface area contributed by atoms with Gasteiger partial charge < -0.3 is 10.6 Å². The number of aryl methyl sites for hydroxylation is 1. The summed E-state index contributed by atoms with van der Waals surface area (Å²) >= 11 is 23.1. The summed E-state index contributed by atoms with van der Waals surface area (Å²) in [4.78, 5) is 11.9. The van der Waals surface area contributed by atoms with Crippen molar-refractivity contribution in [1.29, 1.82) is 0 Å². The van der Waals surface area contributed by atoms with Crippen LogP contribution in [0.1, 0.15) is 12.0 Å². The molecule has 0 aromatic heterocycles. The van der Waals surface area contributed by atoms with E-state index in [0.717, 1.165) is 5.56 Å². The smallest absolute Gasteiger partial charge is 0.226 e. The molecule has 3 nitrogen and oxygen atoms in total. The van der Waals surface area contributed by atoms with Gasteiger partial charge in [0.15, 0.2) is 5.11 Å². The van der Waals surface area contributed by atoms with Gasteiger partial charge in [-0.1, -0.05) is 53.0 Å². The molecule has 0 atom stereocenters. The van der Waals surface area contributed by atoms with Gasteiger partial charge in [-0.3, -0.25) is 4.79 Å². The van der Waals surface area contributed by atoms with E-state index in [4.69, 9.17) is 47.0 Å². The summed E-state index contributed by atoms with van der Waals surface area (Å²) in [5.41, 5.74) is 1.46. The standard InChI is InChI=1S/C16H13Cl3N2OS/c17-11-6-7-13(19)14(9-11)20-16(23)21-15(22)8-5-10-3-1-2-4-12(10)18/h1-4,6-7,9H,5,8H2,(H2,20,21,22,23). The number of benzene rings is 2. The van der Waals surface area contributed by atoms with E-state index >= 15 is 0 Å². The van der Waals surface area contributed by atoms with E-state index in [0.29, 0.717) is 27.2 Å². The van der Waals surface area contributed by atoms with Crippen molar-refractivity contribution >= 4 is 63.7 Å². The number of hydrogen-bond acceptors (Lipinski definition) is 2. The van der Waals surface area contributed by atoms with Crippen LogP contribution in [0.15, 0.2) is 42.5 Å². The fraction of sp³-hybridized carbons (Fsp3) is 0.125. The largest absolute Gasteiger partial charge is 0.331 e. The van der Waals surface area contributed by atoms with Crippen molar-refractivity contribution in [3.8, 4) is 0 Å². The zero-order chi connectivity index (χ0) is 16.8. The van der Waals surface area contributed by atoms with Crippen molar-refractivity contribution in [2.75, 3.05) is 5.32 Å². The molecular formula is C16H13Cl3N2OS. The highest BCUT2D eigenvalue weighted by Crippen LogP contribution is 2.25. The van der Waals surface area contributed by atoms with E-state index in [2.05, 4.69) is 10.6 Å². The maximum Gasteiger partial charge on any atom is 0.226 e. The first-order chi connectivity index (χ1) is 11.0. The summed E-state index contributed by atoms with van der Waals surface area (Å²) in [6, 6.07) is 12.4. The topological polar surface area (TPSA) is 41.1 Å². The average Bonchev–Trinajstić information content (AvgIpc) is 2.50. The van der Waals surface area contributed by atoms with E-state index < -0.39 is 0 Å². The molecular weight excluding hydrogens is 375 g/mol. The fourth-order valence-electron chi connectivity index (χ4n) is 1.89. The van der Waals surface area contributed by atoms with Gasteiger partial charge in [-0.2, -0.15) is 0 Å². The lowest BCUT2D eigenvalue weighted by Gasteiger charge is -2.11. The first-order valence-corrected chi connectivity index (χ1v) is 8.29. The molecule has 0 aliphatic heterocycles. The minimum Gasteiger partial charge on any atom is -0.331 e. The van der Waals surface area contributed by atoms with Crippen LogP contribution in [0.2, 0.25) is 15.1 Å². The monoisotopic (exact) mass is 386 g/mol. The first-order valence-electron chi connectivity index (χ1n) is 6.75. The Morgan fingerprint density at radius 3 is 2.52 bits per heavy atom. The molecule has 7 heteroatoms. The van der Waals surface area contributed by atoms with E-state index in [9.17, 15) is 4.79 Å². The van der Waals surface area contributed by atoms with Crippen LogP contribution in [0.25, 0.3) is 0 Å². The predicted molar refractivity (Wildman–Crippen MR) is 101 cm³/mol. The Balaban J connectivity index is 1.86. The first kappa shape index (κ1) is 18.0. The molecule has 2 aromatic carbocycles. The number of carbonyl (C=O) groups excluding carboxylic acids is 1. The van der Waals surface area contributed by atoms with Crippen LogP contribution >= 0.6 is 47.0 Å². The second-order valence-electron chi connectivity index (χ2n) is 4.72. The third-order valence-corrected chi connectivity index (χ3v) is 4.15. The van der Waals surface area contributed by atoms with Crippen LogP contribution < -0.4 is 10.6 Å². The van der Waals surface area contributed by atoms with Crippen molar-refractivity contribution in [2.45, 2.75) is 12.8 Å². The number of carbonyl (C=O) groups is 1.